The molecule has 3 aromatic carbocycles. The topological polar surface area (TPSA) is 200 Å². The molecule has 3 amide bonds. The Bertz CT molecular complexity index is 1400. The lowest BCUT2D eigenvalue weighted by atomic mass is 9.95. The van der Waals surface area contributed by atoms with E-state index in [1.165, 1.54) is 12.1 Å². The van der Waals surface area contributed by atoms with Gasteiger partial charge >= 0.3 is 0 Å². The second kappa shape index (κ2) is 13.3. The number of aliphatic hydroxyl groups is 1. The first-order chi connectivity index (χ1) is 19.6. The maximum atomic E-state index is 13.5. The predicted molar refractivity (Wildman–Crippen MR) is 152 cm³/mol. The fourth-order valence-corrected chi connectivity index (χ4v) is 4.68. The molecule has 216 valence electrons. The molecule has 4 bridgehead atoms. The molecular formula is C30H35N5O6. The zero-order valence-electron chi connectivity index (χ0n) is 22.4. The normalized spacial score (nSPS) is 20.1. The number of benzene rings is 3. The molecule has 0 saturated heterocycles. The van der Waals surface area contributed by atoms with E-state index in [0.29, 0.717) is 22.3 Å². The molecule has 1 heterocycles. The SMILES string of the molecule is NC[C@H](O)C[C@@H]1NC(=O)[C@@H](N)Cc2cc(ccc2O)-c2ccc(O)c(c2)C[C@@H](C(=O)NCc2ccccc2)NC1=O. The van der Waals surface area contributed by atoms with Gasteiger partial charge in [0.25, 0.3) is 0 Å². The predicted octanol–water partition coefficient (Wildman–Crippen LogP) is 0.186. The summed E-state index contributed by atoms with van der Waals surface area (Å²) in [6, 6.07) is 15.5. The van der Waals surface area contributed by atoms with E-state index >= 15 is 0 Å². The third kappa shape index (κ3) is 7.60. The quantitative estimate of drug-likeness (QED) is 0.208. The molecular weight excluding hydrogens is 526 g/mol. The van der Waals surface area contributed by atoms with Crippen molar-refractivity contribution in [2.75, 3.05) is 6.54 Å². The summed E-state index contributed by atoms with van der Waals surface area (Å²) in [5.74, 6) is -2.05. The number of phenols is 2. The highest BCUT2D eigenvalue weighted by Gasteiger charge is 2.31. The van der Waals surface area contributed by atoms with Gasteiger partial charge < -0.3 is 42.7 Å². The molecule has 1 aliphatic heterocycles. The monoisotopic (exact) mass is 561 g/mol. The zero-order chi connectivity index (χ0) is 29.5. The molecule has 0 aliphatic carbocycles. The van der Waals surface area contributed by atoms with Crippen molar-refractivity contribution in [3.63, 3.8) is 0 Å². The van der Waals surface area contributed by atoms with Crippen LogP contribution < -0.4 is 27.4 Å². The van der Waals surface area contributed by atoms with Gasteiger partial charge in [-0.15, -0.1) is 0 Å². The highest BCUT2D eigenvalue weighted by atomic mass is 16.3. The highest BCUT2D eigenvalue weighted by molar-refractivity contribution is 5.93. The minimum atomic E-state index is -1.26. The molecule has 3 aromatic rings. The Morgan fingerprint density at radius 3 is 2.12 bits per heavy atom. The van der Waals surface area contributed by atoms with Gasteiger partial charge in [-0.05, 0) is 52.1 Å². The lowest BCUT2D eigenvalue weighted by molar-refractivity contribution is -0.133. The molecule has 4 rings (SSSR count). The summed E-state index contributed by atoms with van der Waals surface area (Å²) in [5.41, 5.74) is 14.7. The first-order valence-corrected chi connectivity index (χ1v) is 13.3. The van der Waals surface area contributed by atoms with Crippen LogP contribution in [-0.4, -0.2) is 63.8 Å². The van der Waals surface area contributed by atoms with Crippen molar-refractivity contribution in [3.8, 4) is 22.6 Å². The van der Waals surface area contributed by atoms with Crippen LogP contribution in [0, 0.1) is 0 Å². The maximum Gasteiger partial charge on any atom is 0.243 e. The summed E-state index contributed by atoms with van der Waals surface area (Å²) >= 11 is 0. The van der Waals surface area contributed by atoms with Gasteiger partial charge in [-0.3, -0.25) is 14.4 Å². The van der Waals surface area contributed by atoms with Crippen LogP contribution in [-0.2, 0) is 33.8 Å². The zero-order valence-corrected chi connectivity index (χ0v) is 22.4. The second-order valence-electron chi connectivity index (χ2n) is 10.2. The van der Waals surface area contributed by atoms with Crippen molar-refractivity contribution in [2.24, 2.45) is 11.5 Å². The van der Waals surface area contributed by atoms with Crippen molar-refractivity contribution in [2.45, 2.75) is 50.0 Å². The summed E-state index contributed by atoms with van der Waals surface area (Å²) in [5, 5.41) is 39.4. The molecule has 0 saturated carbocycles. The number of fused-ring (bicyclic) bond motifs is 5. The fourth-order valence-electron chi connectivity index (χ4n) is 4.68. The third-order valence-electron chi connectivity index (χ3n) is 7.05. The summed E-state index contributed by atoms with van der Waals surface area (Å²) in [7, 11) is 0. The molecule has 0 spiro atoms. The van der Waals surface area contributed by atoms with E-state index in [4.69, 9.17) is 11.5 Å². The molecule has 0 aromatic heterocycles. The van der Waals surface area contributed by atoms with E-state index < -0.39 is 42.0 Å². The Morgan fingerprint density at radius 2 is 1.51 bits per heavy atom. The number of rotatable bonds is 6. The van der Waals surface area contributed by atoms with E-state index in [9.17, 15) is 29.7 Å². The highest BCUT2D eigenvalue weighted by Crippen LogP contribution is 2.31. The lowest BCUT2D eigenvalue weighted by Gasteiger charge is -2.25. The van der Waals surface area contributed by atoms with Crippen LogP contribution in [0.15, 0.2) is 66.7 Å². The third-order valence-corrected chi connectivity index (χ3v) is 7.05. The molecule has 0 unspecified atom stereocenters. The van der Waals surface area contributed by atoms with Gasteiger partial charge in [0.2, 0.25) is 17.7 Å². The largest absolute Gasteiger partial charge is 0.508 e. The molecule has 10 N–H and O–H groups in total. The van der Waals surface area contributed by atoms with E-state index in [0.717, 1.165) is 5.56 Å². The average Bonchev–Trinajstić information content (AvgIpc) is 2.97. The van der Waals surface area contributed by atoms with Crippen LogP contribution in [0.5, 0.6) is 11.5 Å². The minimum absolute atomic E-state index is 0.0330. The Kier molecular flexibility index (Phi) is 9.56. The smallest absolute Gasteiger partial charge is 0.243 e. The second-order valence-corrected chi connectivity index (χ2v) is 10.2. The number of nitrogens with two attached hydrogens (primary N) is 2. The number of hydrogen-bond acceptors (Lipinski definition) is 8. The molecule has 41 heavy (non-hydrogen) atoms. The molecule has 11 nitrogen and oxygen atoms in total. The molecule has 0 fully saturated rings. The molecule has 0 radical (unpaired) electrons. The summed E-state index contributed by atoms with van der Waals surface area (Å²) in [6.07, 6.45) is -1.44. The van der Waals surface area contributed by atoms with Gasteiger partial charge in [-0.25, -0.2) is 0 Å². The summed E-state index contributed by atoms with van der Waals surface area (Å²) < 4.78 is 0. The Morgan fingerprint density at radius 1 is 0.902 bits per heavy atom. The van der Waals surface area contributed by atoms with Gasteiger partial charge in [-0.2, -0.15) is 0 Å². The van der Waals surface area contributed by atoms with E-state index in [-0.39, 0.29) is 43.9 Å². The van der Waals surface area contributed by atoms with Crippen molar-refractivity contribution >= 4 is 17.7 Å². The van der Waals surface area contributed by atoms with Crippen molar-refractivity contribution in [1.82, 2.24) is 16.0 Å². The van der Waals surface area contributed by atoms with Gasteiger partial charge in [0, 0.05) is 32.4 Å². The number of amides is 3. The van der Waals surface area contributed by atoms with Gasteiger partial charge in [-0.1, -0.05) is 42.5 Å². The minimum Gasteiger partial charge on any atom is -0.508 e. The van der Waals surface area contributed by atoms with Crippen LogP contribution in [0.3, 0.4) is 0 Å². The first-order valence-electron chi connectivity index (χ1n) is 13.3. The Balaban J connectivity index is 1.73. The van der Waals surface area contributed by atoms with Gasteiger partial charge in [0.1, 0.15) is 23.6 Å². The van der Waals surface area contributed by atoms with Crippen LogP contribution >= 0.6 is 0 Å². The summed E-state index contributed by atoms with van der Waals surface area (Å²) in [4.78, 5) is 39.9. The van der Waals surface area contributed by atoms with Crippen molar-refractivity contribution in [3.05, 3.63) is 83.4 Å². The summed E-state index contributed by atoms with van der Waals surface area (Å²) in [6.45, 7) is 0.0449. The van der Waals surface area contributed by atoms with E-state index in [1.807, 2.05) is 30.3 Å². The van der Waals surface area contributed by atoms with Crippen LogP contribution in [0.25, 0.3) is 11.1 Å². The first kappa shape index (κ1) is 29.5. The van der Waals surface area contributed by atoms with Crippen molar-refractivity contribution < 1.29 is 29.7 Å². The van der Waals surface area contributed by atoms with Gasteiger partial charge in [0.15, 0.2) is 0 Å². The van der Waals surface area contributed by atoms with Crippen LogP contribution in [0.2, 0.25) is 0 Å². The fraction of sp³-hybridized carbons (Fsp3) is 0.300. The van der Waals surface area contributed by atoms with Gasteiger partial charge in [0.05, 0.1) is 12.1 Å². The average molecular weight is 562 g/mol. The Labute approximate surface area is 237 Å². The molecule has 1 aliphatic rings. The number of hydrogen-bond donors (Lipinski definition) is 8. The number of phenolic OH excluding ortho intramolecular Hbond substituents is 2. The maximum absolute atomic E-state index is 13.5. The standard InChI is InChI=1S/C30H35N5O6/c31-15-22(36)14-25-30(41)35-24(29(40)33-16-17-4-2-1-3-5-17)13-21-11-19(7-9-27(21)38)18-6-8-26(37)20(10-18)12-23(32)28(39)34-25/h1-11,22-25,36-38H,12-16,31-32H2,(H,33,40)(H,34,39)(H,35,41)/t22-,23+,24+,25+/m1/s1. The number of aromatic hydroxyl groups is 2. The van der Waals surface area contributed by atoms with E-state index in [2.05, 4.69) is 16.0 Å². The number of carbonyl (C=O) groups excluding carboxylic acids is 3. The number of aliphatic hydroxyl groups excluding tert-OH is 1. The van der Waals surface area contributed by atoms with E-state index in [1.54, 1.807) is 24.3 Å². The van der Waals surface area contributed by atoms with Crippen molar-refractivity contribution in [1.29, 1.82) is 0 Å². The molecule has 4 atom stereocenters. The number of carbonyl (C=O) groups is 3. The molecule has 11 heteroatoms. The number of nitrogens with one attached hydrogen (secondary N) is 3. The Hall–Kier alpha value is -4.45. The lowest BCUT2D eigenvalue weighted by Crippen LogP contribution is -2.57. The van der Waals surface area contributed by atoms with Crippen LogP contribution in [0.1, 0.15) is 23.1 Å². The van der Waals surface area contributed by atoms with Crippen LogP contribution in [0.4, 0.5) is 0 Å².